The first-order valence-electron chi connectivity index (χ1n) is 7.49. The number of halogens is 1. The minimum Gasteiger partial charge on any atom is -0.491 e. The summed E-state index contributed by atoms with van der Waals surface area (Å²) >= 11 is 0. The number of piperidine rings is 1. The number of amides is 1. The fraction of sp³-hybridized carbons (Fsp3) is 0.562. The van der Waals surface area contributed by atoms with Gasteiger partial charge in [0, 0.05) is 13.2 Å². The van der Waals surface area contributed by atoms with Crippen LogP contribution in [0.25, 0.3) is 0 Å². The number of likely N-dealkylation sites (tertiary alicyclic amines) is 1. The van der Waals surface area contributed by atoms with Crippen LogP contribution in [0.1, 0.15) is 19.8 Å². The van der Waals surface area contributed by atoms with E-state index in [9.17, 15) is 14.3 Å². The van der Waals surface area contributed by atoms with Crippen LogP contribution in [-0.2, 0) is 9.53 Å². The summed E-state index contributed by atoms with van der Waals surface area (Å²) in [6.07, 6.45) is 1.27. The van der Waals surface area contributed by atoms with E-state index >= 15 is 0 Å². The molecule has 0 spiro atoms. The topological polar surface area (TPSA) is 59.0 Å². The number of carbonyl (C=O) groups is 1. The highest BCUT2D eigenvalue weighted by atomic mass is 19.1. The molecule has 5 nitrogen and oxygen atoms in total. The Hall–Kier alpha value is -1.66. The number of aliphatic hydroxyl groups is 1. The van der Waals surface area contributed by atoms with Crippen LogP contribution in [0, 0.1) is 5.82 Å². The molecule has 1 amide bonds. The number of hydrogen-bond donors (Lipinski definition) is 1. The largest absolute Gasteiger partial charge is 0.491 e. The number of ether oxygens (including phenoxy) is 2. The molecule has 6 heteroatoms. The maximum atomic E-state index is 12.8. The van der Waals surface area contributed by atoms with E-state index in [0.29, 0.717) is 31.7 Å². The molecule has 22 heavy (non-hydrogen) atoms. The van der Waals surface area contributed by atoms with Crippen LogP contribution in [0.3, 0.4) is 0 Å². The highest BCUT2D eigenvalue weighted by Crippen LogP contribution is 2.23. The lowest BCUT2D eigenvalue weighted by atomic mass is 9.93. The molecule has 0 aliphatic carbocycles. The third-order valence-electron chi connectivity index (χ3n) is 3.66. The van der Waals surface area contributed by atoms with Crippen LogP contribution in [0.15, 0.2) is 24.3 Å². The Morgan fingerprint density at radius 2 is 2.14 bits per heavy atom. The molecule has 1 aromatic rings. The molecule has 1 heterocycles. The summed E-state index contributed by atoms with van der Waals surface area (Å²) < 4.78 is 23.5. The van der Waals surface area contributed by atoms with E-state index in [1.165, 1.54) is 24.3 Å². The Morgan fingerprint density at radius 3 is 2.82 bits per heavy atom. The maximum Gasteiger partial charge on any atom is 0.248 e. The molecule has 0 bridgehead atoms. The Balaban J connectivity index is 1.88. The van der Waals surface area contributed by atoms with Gasteiger partial charge < -0.3 is 19.5 Å². The van der Waals surface area contributed by atoms with Gasteiger partial charge in [0.15, 0.2) is 0 Å². The molecule has 1 saturated heterocycles. The van der Waals surface area contributed by atoms with Crippen molar-refractivity contribution in [3.63, 3.8) is 0 Å². The van der Waals surface area contributed by atoms with Crippen molar-refractivity contribution < 1.29 is 23.8 Å². The average Bonchev–Trinajstić information content (AvgIpc) is 2.52. The van der Waals surface area contributed by atoms with E-state index in [-0.39, 0.29) is 31.5 Å². The van der Waals surface area contributed by atoms with Crippen molar-refractivity contribution >= 4 is 5.91 Å². The van der Waals surface area contributed by atoms with Crippen molar-refractivity contribution in [3.8, 4) is 5.75 Å². The van der Waals surface area contributed by atoms with Crippen LogP contribution in [0.2, 0.25) is 0 Å². The lowest BCUT2D eigenvalue weighted by Crippen LogP contribution is -2.54. The van der Waals surface area contributed by atoms with E-state index in [2.05, 4.69) is 0 Å². The Morgan fingerprint density at radius 1 is 1.41 bits per heavy atom. The first kappa shape index (κ1) is 16.7. The smallest absolute Gasteiger partial charge is 0.248 e. The predicted octanol–water partition coefficient (Wildman–Crippen LogP) is 1.59. The van der Waals surface area contributed by atoms with E-state index in [1.54, 1.807) is 4.90 Å². The number of rotatable bonds is 6. The molecule has 1 atom stereocenters. The first-order chi connectivity index (χ1) is 10.5. The van der Waals surface area contributed by atoms with Crippen LogP contribution in [0.4, 0.5) is 4.39 Å². The molecule has 2 rings (SSSR count). The standard InChI is InChI=1S/C16H22FNO4/c1-2-21-10-15(19)18-9-3-8-16(20,11-18)12-22-14-6-4-13(17)5-7-14/h4-7,20H,2-3,8-12H2,1H3. The summed E-state index contributed by atoms with van der Waals surface area (Å²) in [5.74, 6) is 0.0331. The summed E-state index contributed by atoms with van der Waals surface area (Å²) in [7, 11) is 0. The fourth-order valence-electron chi connectivity index (χ4n) is 2.47. The molecule has 1 unspecified atom stereocenters. The van der Waals surface area contributed by atoms with Crippen LogP contribution < -0.4 is 4.74 Å². The molecule has 1 aliphatic heterocycles. The van der Waals surface area contributed by atoms with Crippen molar-refractivity contribution in [2.75, 3.05) is 32.9 Å². The number of carbonyl (C=O) groups excluding carboxylic acids is 1. The van der Waals surface area contributed by atoms with Crippen molar-refractivity contribution in [2.45, 2.75) is 25.4 Å². The lowest BCUT2D eigenvalue weighted by molar-refractivity contribution is -0.144. The minimum absolute atomic E-state index is 0.0331. The monoisotopic (exact) mass is 311 g/mol. The SMILES string of the molecule is CCOCC(=O)N1CCCC(O)(COc2ccc(F)cc2)C1. The molecule has 0 aromatic heterocycles. The average molecular weight is 311 g/mol. The van der Waals surface area contributed by atoms with Crippen molar-refractivity contribution in [1.29, 1.82) is 0 Å². The van der Waals surface area contributed by atoms with Gasteiger partial charge in [-0.1, -0.05) is 0 Å². The van der Waals surface area contributed by atoms with Gasteiger partial charge in [-0.25, -0.2) is 4.39 Å². The lowest BCUT2D eigenvalue weighted by Gasteiger charge is -2.38. The quantitative estimate of drug-likeness (QED) is 0.867. The zero-order valence-electron chi connectivity index (χ0n) is 12.8. The maximum absolute atomic E-state index is 12.8. The van der Waals surface area contributed by atoms with Crippen LogP contribution >= 0.6 is 0 Å². The second kappa shape index (κ2) is 7.56. The molecule has 1 fully saturated rings. The Kier molecular flexibility index (Phi) is 5.74. The Bertz CT molecular complexity index is 493. The van der Waals surface area contributed by atoms with Gasteiger partial charge in [-0.05, 0) is 44.0 Å². The molecule has 0 radical (unpaired) electrons. The van der Waals surface area contributed by atoms with Gasteiger partial charge in [0.05, 0.1) is 6.54 Å². The fourth-order valence-corrected chi connectivity index (χ4v) is 2.47. The van der Waals surface area contributed by atoms with Gasteiger partial charge in [-0.2, -0.15) is 0 Å². The molecule has 122 valence electrons. The van der Waals surface area contributed by atoms with Crippen LogP contribution in [-0.4, -0.2) is 54.4 Å². The zero-order chi connectivity index (χ0) is 16.0. The number of hydrogen-bond acceptors (Lipinski definition) is 4. The number of benzene rings is 1. The highest BCUT2D eigenvalue weighted by Gasteiger charge is 2.36. The highest BCUT2D eigenvalue weighted by molar-refractivity contribution is 5.77. The van der Waals surface area contributed by atoms with Gasteiger partial charge in [0.1, 0.15) is 30.4 Å². The molecule has 0 saturated carbocycles. The van der Waals surface area contributed by atoms with E-state index < -0.39 is 5.60 Å². The summed E-state index contributed by atoms with van der Waals surface area (Å²) in [5, 5.41) is 10.6. The van der Waals surface area contributed by atoms with Crippen molar-refractivity contribution in [3.05, 3.63) is 30.1 Å². The number of nitrogens with zero attached hydrogens (tertiary/aromatic N) is 1. The predicted molar refractivity (Wildman–Crippen MR) is 79.2 cm³/mol. The molecule has 1 aromatic carbocycles. The molecular formula is C16H22FNO4. The number of β-amino-alcohol motifs (C(OH)–C–C–N with tert-alkyl or cyclic N) is 1. The van der Waals surface area contributed by atoms with Gasteiger partial charge in [0.25, 0.3) is 0 Å². The molecule has 1 aliphatic rings. The first-order valence-corrected chi connectivity index (χ1v) is 7.49. The Labute approximate surface area is 129 Å². The summed E-state index contributed by atoms with van der Waals surface area (Å²) in [6, 6.07) is 5.63. The van der Waals surface area contributed by atoms with Gasteiger partial charge in [-0.15, -0.1) is 0 Å². The van der Waals surface area contributed by atoms with Crippen molar-refractivity contribution in [2.24, 2.45) is 0 Å². The van der Waals surface area contributed by atoms with Crippen LogP contribution in [0.5, 0.6) is 5.75 Å². The minimum atomic E-state index is -1.09. The van der Waals surface area contributed by atoms with Crippen molar-refractivity contribution in [1.82, 2.24) is 4.90 Å². The zero-order valence-corrected chi connectivity index (χ0v) is 12.8. The second-order valence-electron chi connectivity index (χ2n) is 5.52. The van der Waals surface area contributed by atoms with Gasteiger partial charge >= 0.3 is 0 Å². The van der Waals surface area contributed by atoms with Gasteiger partial charge in [-0.3, -0.25) is 4.79 Å². The van der Waals surface area contributed by atoms with Gasteiger partial charge in [0.2, 0.25) is 5.91 Å². The normalized spacial score (nSPS) is 21.7. The molecule has 1 N–H and O–H groups in total. The summed E-state index contributed by atoms with van der Waals surface area (Å²) in [6.45, 7) is 3.25. The van der Waals surface area contributed by atoms with E-state index in [1.807, 2.05) is 6.92 Å². The summed E-state index contributed by atoms with van der Waals surface area (Å²) in [4.78, 5) is 13.6. The second-order valence-corrected chi connectivity index (χ2v) is 5.52. The third-order valence-corrected chi connectivity index (χ3v) is 3.66. The third kappa shape index (κ3) is 4.68. The molecular weight excluding hydrogens is 289 g/mol. The summed E-state index contributed by atoms with van der Waals surface area (Å²) in [5.41, 5.74) is -1.09. The van der Waals surface area contributed by atoms with E-state index in [4.69, 9.17) is 9.47 Å². The van der Waals surface area contributed by atoms with E-state index in [0.717, 1.165) is 0 Å².